The Labute approximate surface area is 184 Å². The molecule has 4 rings (SSSR count). The van der Waals surface area contributed by atoms with Gasteiger partial charge in [-0.15, -0.1) is 0 Å². The molecule has 0 aliphatic carbocycles. The van der Waals surface area contributed by atoms with Crippen LogP contribution in [-0.4, -0.2) is 60.8 Å². The number of carbonyl (C=O) groups excluding carboxylic acids is 2. The maximum atomic E-state index is 13.1. The molecule has 1 N–H and O–H groups in total. The van der Waals surface area contributed by atoms with E-state index in [1.807, 2.05) is 0 Å². The van der Waals surface area contributed by atoms with Crippen LogP contribution in [0.3, 0.4) is 0 Å². The molecule has 31 heavy (non-hydrogen) atoms. The summed E-state index contributed by atoms with van der Waals surface area (Å²) in [5, 5.41) is 4.06. The Balaban J connectivity index is 1.54. The van der Waals surface area contributed by atoms with Gasteiger partial charge in [-0.05, 0) is 31.9 Å². The van der Waals surface area contributed by atoms with Crippen molar-refractivity contribution in [2.75, 3.05) is 18.6 Å². The minimum atomic E-state index is -3.94. The van der Waals surface area contributed by atoms with Crippen LogP contribution >= 0.6 is 11.6 Å². The molecular formula is C19H22ClN5O5S. The first kappa shape index (κ1) is 21.6. The number of carbonyl (C=O) groups is 2. The summed E-state index contributed by atoms with van der Waals surface area (Å²) in [6, 6.07) is 5.00. The van der Waals surface area contributed by atoms with Gasteiger partial charge in [-0.2, -0.15) is 5.10 Å². The summed E-state index contributed by atoms with van der Waals surface area (Å²) in [7, 11) is -0.884. The molecule has 3 heterocycles. The summed E-state index contributed by atoms with van der Waals surface area (Å²) in [6.07, 6.45) is 0.541. The van der Waals surface area contributed by atoms with Crippen LogP contribution in [-0.2, 0) is 21.9 Å². The number of hydrogen-bond donors (Lipinski definition) is 1. The lowest BCUT2D eigenvalue weighted by Gasteiger charge is -2.32. The second-order valence-corrected chi connectivity index (χ2v) is 9.55. The lowest BCUT2D eigenvalue weighted by atomic mass is 9.99. The third-order valence-corrected chi connectivity index (χ3v) is 7.76. The third-order valence-electron chi connectivity index (χ3n) is 5.55. The van der Waals surface area contributed by atoms with E-state index in [0.717, 1.165) is 4.90 Å². The molecule has 2 aliphatic rings. The van der Waals surface area contributed by atoms with Gasteiger partial charge in [0.2, 0.25) is 10.0 Å². The molecule has 0 saturated carbocycles. The Bertz CT molecular complexity index is 1160. The first-order valence-corrected chi connectivity index (χ1v) is 11.5. The number of urea groups is 1. The number of aromatic nitrogens is 2. The van der Waals surface area contributed by atoms with E-state index in [1.54, 1.807) is 38.2 Å². The van der Waals surface area contributed by atoms with Gasteiger partial charge in [0.25, 0.3) is 5.91 Å². The number of piperidine rings is 1. The summed E-state index contributed by atoms with van der Waals surface area (Å²) < 4.78 is 34.9. The zero-order valence-corrected chi connectivity index (χ0v) is 18.8. The first-order valence-electron chi connectivity index (χ1n) is 9.64. The number of rotatable bonds is 5. The highest BCUT2D eigenvalue weighted by molar-refractivity contribution is 7.89. The van der Waals surface area contributed by atoms with Gasteiger partial charge in [-0.3, -0.25) is 9.48 Å². The van der Waals surface area contributed by atoms with Crippen molar-refractivity contribution in [1.29, 1.82) is 0 Å². The van der Waals surface area contributed by atoms with Crippen molar-refractivity contribution in [3.8, 4) is 5.75 Å². The van der Waals surface area contributed by atoms with Gasteiger partial charge in [0.15, 0.2) is 0 Å². The predicted molar refractivity (Wildman–Crippen MR) is 113 cm³/mol. The zero-order chi connectivity index (χ0) is 22.5. The fraction of sp³-hybridized carbons (Fsp3) is 0.421. The van der Waals surface area contributed by atoms with Crippen LogP contribution in [0.25, 0.3) is 0 Å². The van der Waals surface area contributed by atoms with Crippen molar-refractivity contribution < 1.29 is 22.7 Å². The van der Waals surface area contributed by atoms with Crippen LogP contribution < -0.4 is 14.4 Å². The number of sulfonamides is 1. The maximum Gasteiger partial charge on any atom is 0.332 e. The number of halogens is 1. The van der Waals surface area contributed by atoms with Crippen molar-refractivity contribution in [3.63, 3.8) is 0 Å². The van der Waals surface area contributed by atoms with Gasteiger partial charge >= 0.3 is 6.03 Å². The zero-order valence-electron chi connectivity index (χ0n) is 17.2. The smallest absolute Gasteiger partial charge is 0.332 e. The van der Waals surface area contributed by atoms with Crippen molar-refractivity contribution in [2.45, 2.75) is 36.7 Å². The number of methoxy groups -OCH3 is 1. The number of ether oxygens (including phenoxy) is 1. The summed E-state index contributed by atoms with van der Waals surface area (Å²) in [4.78, 5) is 28.5. The van der Waals surface area contributed by atoms with Gasteiger partial charge in [-0.25, -0.2) is 22.8 Å². The number of fused-ring (bicyclic) bond motifs is 1. The molecule has 2 aliphatic heterocycles. The van der Waals surface area contributed by atoms with Crippen molar-refractivity contribution in [1.82, 2.24) is 19.4 Å². The monoisotopic (exact) mass is 467 g/mol. The highest BCUT2D eigenvalue weighted by Crippen LogP contribution is 2.33. The molecule has 10 nitrogen and oxygen atoms in total. The van der Waals surface area contributed by atoms with Crippen LogP contribution in [0, 0.1) is 6.92 Å². The lowest BCUT2D eigenvalue weighted by molar-refractivity contribution is -0.120. The van der Waals surface area contributed by atoms with E-state index in [0.29, 0.717) is 17.9 Å². The lowest BCUT2D eigenvalue weighted by Crippen LogP contribution is -2.49. The Morgan fingerprint density at radius 3 is 2.68 bits per heavy atom. The number of nitrogens with one attached hydrogen (secondary N) is 1. The molecule has 0 spiro atoms. The molecule has 0 bridgehead atoms. The van der Waals surface area contributed by atoms with E-state index in [4.69, 9.17) is 16.3 Å². The second kappa shape index (κ2) is 7.81. The van der Waals surface area contributed by atoms with Crippen molar-refractivity contribution in [2.24, 2.45) is 7.05 Å². The van der Waals surface area contributed by atoms with E-state index >= 15 is 0 Å². The Morgan fingerprint density at radius 2 is 2.03 bits per heavy atom. The molecule has 2 fully saturated rings. The van der Waals surface area contributed by atoms with Gasteiger partial charge in [0.05, 0.1) is 18.5 Å². The first-order chi connectivity index (χ1) is 14.6. The number of amides is 3. The predicted octanol–water partition coefficient (Wildman–Crippen LogP) is 1.67. The highest BCUT2D eigenvalue weighted by Gasteiger charge is 2.49. The van der Waals surface area contributed by atoms with Crippen LogP contribution in [0.5, 0.6) is 5.75 Å². The number of aryl methyl sites for hydroxylation is 2. The minimum Gasteiger partial charge on any atom is -0.497 e. The van der Waals surface area contributed by atoms with Gasteiger partial charge < -0.3 is 9.64 Å². The van der Waals surface area contributed by atoms with Crippen LogP contribution in [0.4, 0.5) is 10.5 Å². The quantitative estimate of drug-likeness (QED) is 0.669. The number of anilines is 1. The van der Waals surface area contributed by atoms with Gasteiger partial charge in [-0.1, -0.05) is 17.7 Å². The summed E-state index contributed by atoms with van der Waals surface area (Å²) in [5.74, 6) is 0.134. The molecule has 166 valence electrons. The summed E-state index contributed by atoms with van der Waals surface area (Å²) in [6.45, 7) is 1.82. The van der Waals surface area contributed by atoms with E-state index < -0.39 is 34.0 Å². The molecule has 12 heteroatoms. The highest BCUT2D eigenvalue weighted by atomic mass is 35.5. The molecule has 3 amide bonds. The van der Waals surface area contributed by atoms with Crippen LogP contribution in [0.1, 0.15) is 18.5 Å². The van der Waals surface area contributed by atoms with E-state index in [-0.39, 0.29) is 28.7 Å². The molecule has 1 aromatic heterocycles. The van der Waals surface area contributed by atoms with Crippen molar-refractivity contribution in [3.05, 3.63) is 35.1 Å². The van der Waals surface area contributed by atoms with E-state index in [9.17, 15) is 18.0 Å². The molecule has 1 aromatic carbocycles. The SMILES string of the molecule is COc1cccc(N2C(=O)[C@@H]3C[C@H](NS(=O)(=O)c4c(C)nn(C)c4Cl)CCN3C2=O)c1. The molecule has 2 atom stereocenters. The number of benzene rings is 1. The molecule has 0 radical (unpaired) electrons. The topological polar surface area (TPSA) is 114 Å². The van der Waals surface area contributed by atoms with Crippen molar-refractivity contribution >= 4 is 39.2 Å². The fourth-order valence-electron chi connectivity index (χ4n) is 4.09. The number of imide groups is 1. The Hall–Kier alpha value is -2.63. The van der Waals surface area contributed by atoms with Crippen LogP contribution in [0.15, 0.2) is 29.2 Å². The number of nitrogens with zero attached hydrogens (tertiary/aromatic N) is 4. The minimum absolute atomic E-state index is 0.0127. The second-order valence-electron chi connectivity index (χ2n) is 7.54. The Kier molecular flexibility index (Phi) is 5.44. The van der Waals surface area contributed by atoms with Gasteiger partial charge in [0.1, 0.15) is 21.8 Å². The Morgan fingerprint density at radius 1 is 1.29 bits per heavy atom. The average Bonchev–Trinajstić information content (AvgIpc) is 3.13. The normalized spacial score (nSPS) is 21.5. The van der Waals surface area contributed by atoms with E-state index in [1.165, 1.54) is 16.7 Å². The molecule has 2 saturated heterocycles. The molecule has 0 unspecified atom stereocenters. The van der Waals surface area contributed by atoms with Crippen LogP contribution in [0.2, 0.25) is 5.15 Å². The number of hydrogen-bond acceptors (Lipinski definition) is 6. The summed E-state index contributed by atoms with van der Waals surface area (Å²) in [5.41, 5.74) is 0.701. The maximum absolute atomic E-state index is 13.1. The fourth-order valence-corrected chi connectivity index (χ4v) is 6.12. The van der Waals surface area contributed by atoms with E-state index in [2.05, 4.69) is 9.82 Å². The summed E-state index contributed by atoms with van der Waals surface area (Å²) >= 11 is 6.12. The molecular weight excluding hydrogens is 446 g/mol. The molecule has 2 aromatic rings. The largest absolute Gasteiger partial charge is 0.497 e. The van der Waals surface area contributed by atoms with Gasteiger partial charge in [0, 0.05) is 25.7 Å². The average molecular weight is 468 g/mol. The standard InChI is InChI=1S/C19H22ClN5O5S/c1-11-16(17(20)23(2)21-11)31(28,29)22-12-7-8-24-15(9-12)18(26)25(19(24)27)13-5-4-6-14(10-13)30-3/h4-6,10,12,15,22H,7-9H2,1-3H3/t12-,15+/m1/s1. The third kappa shape index (κ3) is 3.66.